The maximum Gasteiger partial charge on any atom is 0.308 e. The number of carbonyl (C=O) groups is 1. The Morgan fingerprint density at radius 2 is 1.91 bits per heavy atom. The molecule has 0 radical (unpaired) electrons. The summed E-state index contributed by atoms with van der Waals surface area (Å²) in [6.07, 6.45) is 0. The molecule has 0 unspecified atom stereocenters. The molecule has 0 aliphatic carbocycles. The fraction of sp³-hybridized carbons (Fsp3) is 0.667. The third-order valence-corrected chi connectivity index (χ3v) is 1.47. The first-order valence-electron chi connectivity index (χ1n) is 3.26. The SMILES string of the molecule is C[C@H](N=C(N)N)[C@@H](C)C(=O)O. The average Bonchev–Trinajstić information content (AvgIpc) is 1.84. The summed E-state index contributed by atoms with van der Waals surface area (Å²) in [5.41, 5.74) is 10.1. The van der Waals surface area contributed by atoms with Crippen molar-refractivity contribution in [3.8, 4) is 0 Å². The van der Waals surface area contributed by atoms with Crippen LogP contribution in [0.25, 0.3) is 0 Å². The lowest BCUT2D eigenvalue weighted by Crippen LogP contribution is -2.29. The second kappa shape index (κ2) is 3.80. The molecule has 0 spiro atoms. The Hall–Kier alpha value is -1.26. The zero-order chi connectivity index (χ0) is 9.02. The molecular formula is C6H13N3O2. The van der Waals surface area contributed by atoms with Crippen LogP contribution in [0.1, 0.15) is 13.8 Å². The van der Waals surface area contributed by atoms with E-state index in [1.165, 1.54) is 0 Å². The van der Waals surface area contributed by atoms with Crippen molar-refractivity contribution in [2.75, 3.05) is 0 Å². The molecule has 11 heavy (non-hydrogen) atoms. The molecule has 5 nitrogen and oxygen atoms in total. The van der Waals surface area contributed by atoms with Crippen molar-refractivity contribution in [3.05, 3.63) is 0 Å². The highest BCUT2D eigenvalue weighted by molar-refractivity contribution is 5.77. The van der Waals surface area contributed by atoms with Crippen LogP contribution in [-0.2, 0) is 4.79 Å². The van der Waals surface area contributed by atoms with Crippen LogP contribution in [0.2, 0.25) is 0 Å². The molecule has 0 heterocycles. The summed E-state index contributed by atoms with van der Waals surface area (Å²) in [6, 6.07) is -0.377. The van der Waals surface area contributed by atoms with Crippen molar-refractivity contribution in [2.24, 2.45) is 22.4 Å². The third-order valence-electron chi connectivity index (χ3n) is 1.47. The average molecular weight is 159 g/mol. The molecule has 2 atom stereocenters. The first-order valence-corrected chi connectivity index (χ1v) is 3.26. The minimum absolute atomic E-state index is 0.0781. The third kappa shape index (κ3) is 3.44. The minimum atomic E-state index is -0.900. The van der Waals surface area contributed by atoms with Gasteiger partial charge in [0.15, 0.2) is 5.96 Å². The number of guanidine groups is 1. The second-order valence-electron chi connectivity index (χ2n) is 2.42. The van der Waals surface area contributed by atoms with Crippen LogP contribution >= 0.6 is 0 Å². The molecule has 0 bridgehead atoms. The Kier molecular flexibility index (Phi) is 3.36. The van der Waals surface area contributed by atoms with E-state index in [0.717, 1.165) is 0 Å². The molecule has 0 aromatic rings. The number of rotatable bonds is 3. The van der Waals surface area contributed by atoms with Crippen LogP contribution in [0.5, 0.6) is 0 Å². The Morgan fingerprint density at radius 1 is 1.45 bits per heavy atom. The van der Waals surface area contributed by atoms with Crippen molar-refractivity contribution in [2.45, 2.75) is 19.9 Å². The minimum Gasteiger partial charge on any atom is -0.481 e. The summed E-state index contributed by atoms with van der Waals surface area (Å²) < 4.78 is 0. The van der Waals surface area contributed by atoms with E-state index in [0.29, 0.717) is 0 Å². The van der Waals surface area contributed by atoms with E-state index in [4.69, 9.17) is 16.6 Å². The van der Waals surface area contributed by atoms with Gasteiger partial charge in [-0.3, -0.25) is 4.79 Å². The molecule has 0 rings (SSSR count). The number of aliphatic carboxylic acids is 1. The van der Waals surface area contributed by atoms with E-state index in [9.17, 15) is 4.79 Å². The van der Waals surface area contributed by atoms with Gasteiger partial charge in [0, 0.05) is 0 Å². The molecule has 0 aromatic heterocycles. The van der Waals surface area contributed by atoms with Gasteiger partial charge in [-0.15, -0.1) is 0 Å². The molecule has 5 heteroatoms. The van der Waals surface area contributed by atoms with Gasteiger partial charge in [0.05, 0.1) is 12.0 Å². The van der Waals surface area contributed by atoms with Crippen LogP contribution in [0.3, 0.4) is 0 Å². The van der Waals surface area contributed by atoms with Crippen molar-refractivity contribution >= 4 is 11.9 Å². The fourth-order valence-electron chi connectivity index (χ4n) is 0.553. The highest BCUT2D eigenvalue weighted by Crippen LogP contribution is 2.05. The summed E-state index contributed by atoms with van der Waals surface area (Å²) in [7, 11) is 0. The number of carboxylic acid groups (broad SMARTS) is 1. The van der Waals surface area contributed by atoms with Gasteiger partial charge in [0.1, 0.15) is 0 Å². The quantitative estimate of drug-likeness (QED) is 0.377. The fourth-order valence-corrected chi connectivity index (χ4v) is 0.553. The molecular weight excluding hydrogens is 146 g/mol. The topological polar surface area (TPSA) is 102 Å². The summed E-state index contributed by atoms with van der Waals surface area (Å²) >= 11 is 0. The normalized spacial score (nSPS) is 15.1. The Labute approximate surface area is 65.1 Å². The van der Waals surface area contributed by atoms with Gasteiger partial charge in [0.2, 0.25) is 0 Å². The number of nitrogens with two attached hydrogens (primary N) is 2. The second-order valence-corrected chi connectivity index (χ2v) is 2.42. The molecule has 5 N–H and O–H groups in total. The van der Waals surface area contributed by atoms with Crippen molar-refractivity contribution in [1.29, 1.82) is 0 Å². The van der Waals surface area contributed by atoms with Gasteiger partial charge >= 0.3 is 5.97 Å². The molecule has 0 aliphatic heterocycles. The number of nitrogens with zero attached hydrogens (tertiary/aromatic N) is 1. The predicted molar refractivity (Wildman–Crippen MR) is 42.1 cm³/mol. The summed E-state index contributed by atoms with van der Waals surface area (Å²) in [4.78, 5) is 14.1. The Morgan fingerprint density at radius 3 is 2.18 bits per heavy atom. The molecule has 0 saturated carbocycles. The van der Waals surface area contributed by atoms with Crippen LogP contribution in [0.15, 0.2) is 4.99 Å². The predicted octanol–water partition coefficient (Wildman–Crippen LogP) is -0.631. The summed E-state index contributed by atoms with van der Waals surface area (Å²) in [6.45, 7) is 3.21. The number of carboxylic acids is 1. The largest absolute Gasteiger partial charge is 0.481 e. The van der Waals surface area contributed by atoms with E-state index in [1.54, 1.807) is 13.8 Å². The Balaban J connectivity index is 4.14. The molecule has 0 fully saturated rings. The lowest BCUT2D eigenvalue weighted by Gasteiger charge is -2.10. The highest BCUT2D eigenvalue weighted by Gasteiger charge is 2.18. The maximum atomic E-state index is 10.4. The molecule has 0 aliphatic rings. The Bertz CT molecular complexity index is 175. The van der Waals surface area contributed by atoms with Crippen LogP contribution in [0, 0.1) is 5.92 Å². The maximum absolute atomic E-state index is 10.4. The number of hydrogen-bond donors (Lipinski definition) is 3. The smallest absolute Gasteiger partial charge is 0.308 e. The van der Waals surface area contributed by atoms with E-state index < -0.39 is 11.9 Å². The first-order chi connectivity index (χ1) is 4.95. The lowest BCUT2D eigenvalue weighted by molar-refractivity contribution is -0.141. The van der Waals surface area contributed by atoms with Crippen molar-refractivity contribution in [3.63, 3.8) is 0 Å². The van der Waals surface area contributed by atoms with Gasteiger partial charge < -0.3 is 16.6 Å². The van der Waals surface area contributed by atoms with E-state index in [2.05, 4.69) is 4.99 Å². The van der Waals surface area contributed by atoms with E-state index >= 15 is 0 Å². The molecule has 0 aromatic carbocycles. The van der Waals surface area contributed by atoms with Gasteiger partial charge in [-0.05, 0) is 13.8 Å². The highest BCUT2D eigenvalue weighted by atomic mass is 16.4. The number of hydrogen-bond acceptors (Lipinski definition) is 2. The standard InChI is InChI=1S/C6H13N3O2/c1-3(5(10)11)4(2)9-6(7)8/h3-4H,1-2H3,(H,10,11)(H4,7,8,9)/t3-,4+/m1/s1. The van der Waals surface area contributed by atoms with Gasteiger partial charge in [-0.1, -0.05) is 0 Å². The zero-order valence-electron chi connectivity index (χ0n) is 6.61. The summed E-state index contributed by atoms with van der Waals surface area (Å²) in [5.74, 6) is -1.54. The van der Waals surface area contributed by atoms with E-state index in [-0.39, 0.29) is 12.0 Å². The monoisotopic (exact) mass is 159 g/mol. The van der Waals surface area contributed by atoms with Crippen molar-refractivity contribution < 1.29 is 9.90 Å². The molecule has 0 saturated heterocycles. The summed E-state index contributed by atoms with van der Waals surface area (Å²) in [5, 5.41) is 8.51. The lowest BCUT2D eigenvalue weighted by atomic mass is 10.1. The molecule has 64 valence electrons. The van der Waals surface area contributed by atoms with Gasteiger partial charge in [0.25, 0.3) is 0 Å². The number of aliphatic imine (C=N–C) groups is 1. The van der Waals surface area contributed by atoms with Crippen LogP contribution in [0.4, 0.5) is 0 Å². The van der Waals surface area contributed by atoms with E-state index in [1.807, 2.05) is 0 Å². The zero-order valence-corrected chi connectivity index (χ0v) is 6.61. The van der Waals surface area contributed by atoms with Gasteiger partial charge in [-0.25, -0.2) is 4.99 Å². The van der Waals surface area contributed by atoms with Gasteiger partial charge in [-0.2, -0.15) is 0 Å². The molecule has 0 amide bonds. The first kappa shape index (κ1) is 9.74. The van der Waals surface area contributed by atoms with Crippen molar-refractivity contribution in [1.82, 2.24) is 0 Å². The van der Waals surface area contributed by atoms with Crippen LogP contribution in [-0.4, -0.2) is 23.1 Å². The van der Waals surface area contributed by atoms with Crippen LogP contribution < -0.4 is 11.5 Å².